The zero-order valence-corrected chi connectivity index (χ0v) is 15.8. The lowest BCUT2D eigenvalue weighted by atomic mass is 9.78. The van der Waals surface area contributed by atoms with Gasteiger partial charge in [-0.3, -0.25) is 10.5 Å². The molecule has 2 heteroatoms. The van der Waals surface area contributed by atoms with Crippen LogP contribution < -0.4 is 5.73 Å². The van der Waals surface area contributed by atoms with E-state index >= 15 is 0 Å². The van der Waals surface area contributed by atoms with E-state index in [1.165, 1.54) is 27.8 Å². The predicted octanol–water partition coefficient (Wildman–Crippen LogP) is 5.41. The van der Waals surface area contributed by atoms with Gasteiger partial charge in [-0.05, 0) is 71.1 Å². The third-order valence-corrected chi connectivity index (χ3v) is 5.21. The van der Waals surface area contributed by atoms with Crippen LogP contribution in [0.15, 0.2) is 47.1 Å². The van der Waals surface area contributed by atoms with Crippen LogP contribution in [0.1, 0.15) is 63.3 Å². The molecule has 1 amide bonds. The molecule has 0 atom stereocenters. The predicted molar refractivity (Wildman–Crippen MR) is 105 cm³/mol. The van der Waals surface area contributed by atoms with Gasteiger partial charge in [-0.1, -0.05) is 57.2 Å². The highest BCUT2D eigenvalue weighted by molar-refractivity contribution is 6.02. The van der Waals surface area contributed by atoms with Gasteiger partial charge in [0.2, 0.25) is 0 Å². The van der Waals surface area contributed by atoms with Crippen molar-refractivity contribution in [2.45, 2.75) is 52.9 Å². The molecule has 2 aliphatic carbocycles. The Labute approximate surface area is 150 Å². The Balaban J connectivity index is 2.29. The molecule has 25 heavy (non-hydrogen) atoms. The number of amides is 1. The first-order valence-electron chi connectivity index (χ1n) is 8.80. The van der Waals surface area contributed by atoms with E-state index in [-0.39, 0.29) is 5.41 Å². The minimum Gasteiger partial charge on any atom is -0.267 e. The van der Waals surface area contributed by atoms with Crippen LogP contribution in [0.3, 0.4) is 0 Å². The standard InChI is InChI=1S/C23H26NO/c1-13-9-16-11-17(23(4,5)6)12-20(19(16)10-13)21-14(2)7-8-18(15(21)3)22(24)25/h8-9,11-12,24H,2,7,10H2,1,3-6H3. The molecule has 0 aliphatic heterocycles. The van der Waals surface area contributed by atoms with E-state index in [1.54, 1.807) is 0 Å². The minimum absolute atomic E-state index is 0.0441. The van der Waals surface area contributed by atoms with Crippen LogP contribution in [0.25, 0.3) is 11.6 Å². The first-order chi connectivity index (χ1) is 11.6. The van der Waals surface area contributed by atoms with Crippen molar-refractivity contribution in [1.29, 1.82) is 0 Å². The van der Waals surface area contributed by atoms with Gasteiger partial charge >= 0.3 is 0 Å². The monoisotopic (exact) mass is 332 g/mol. The molecule has 129 valence electrons. The maximum absolute atomic E-state index is 11.7. The second-order valence-corrected chi connectivity index (χ2v) is 8.26. The van der Waals surface area contributed by atoms with Gasteiger partial charge in [0.05, 0.1) is 0 Å². The van der Waals surface area contributed by atoms with Crippen molar-refractivity contribution in [3.63, 3.8) is 0 Å². The fourth-order valence-electron chi connectivity index (χ4n) is 3.81. The van der Waals surface area contributed by atoms with Gasteiger partial charge in [0.1, 0.15) is 0 Å². The van der Waals surface area contributed by atoms with Gasteiger partial charge in [0.15, 0.2) is 0 Å². The van der Waals surface area contributed by atoms with Crippen molar-refractivity contribution >= 4 is 17.6 Å². The fraction of sp³-hybridized carbons (Fsp3) is 0.348. The summed E-state index contributed by atoms with van der Waals surface area (Å²) >= 11 is 0. The van der Waals surface area contributed by atoms with Crippen molar-refractivity contribution in [3.05, 3.63) is 69.3 Å². The number of rotatable bonds is 2. The van der Waals surface area contributed by atoms with Crippen molar-refractivity contribution in [2.75, 3.05) is 0 Å². The minimum atomic E-state index is -0.611. The molecule has 0 fully saturated rings. The van der Waals surface area contributed by atoms with E-state index in [0.717, 1.165) is 23.1 Å². The number of hydrogen-bond acceptors (Lipinski definition) is 1. The third kappa shape index (κ3) is 3.02. The van der Waals surface area contributed by atoms with Gasteiger partial charge in [0.25, 0.3) is 5.91 Å². The van der Waals surface area contributed by atoms with Crippen LogP contribution in [-0.4, -0.2) is 5.91 Å². The Morgan fingerprint density at radius 2 is 1.88 bits per heavy atom. The Hall–Kier alpha value is -2.35. The average molecular weight is 332 g/mol. The molecule has 0 heterocycles. The Morgan fingerprint density at radius 3 is 2.48 bits per heavy atom. The van der Waals surface area contributed by atoms with Crippen LogP contribution >= 0.6 is 0 Å². The van der Waals surface area contributed by atoms with Gasteiger partial charge < -0.3 is 0 Å². The molecule has 0 saturated heterocycles. The summed E-state index contributed by atoms with van der Waals surface area (Å²) in [7, 11) is 0. The van der Waals surface area contributed by atoms with Gasteiger partial charge in [0, 0.05) is 5.57 Å². The number of carbonyl (C=O) groups excluding carboxylic acids is 1. The van der Waals surface area contributed by atoms with Crippen LogP contribution in [-0.2, 0) is 16.6 Å². The summed E-state index contributed by atoms with van der Waals surface area (Å²) < 4.78 is 0. The highest BCUT2D eigenvalue weighted by Gasteiger charge is 2.27. The van der Waals surface area contributed by atoms with E-state index in [9.17, 15) is 4.79 Å². The smallest absolute Gasteiger partial charge is 0.267 e. The van der Waals surface area contributed by atoms with Crippen molar-refractivity contribution < 1.29 is 4.79 Å². The highest BCUT2D eigenvalue weighted by atomic mass is 16.1. The SMILES string of the molecule is C=C1CC=C(C([NH])=O)C(C)=C1c1cc(C(C)(C)C)cc2c1CC(C)=C2. The van der Waals surface area contributed by atoms with Crippen molar-refractivity contribution in [1.82, 2.24) is 5.73 Å². The molecule has 0 saturated carbocycles. The Bertz CT molecular complexity index is 885. The zero-order chi connectivity index (χ0) is 18.5. The number of carbonyl (C=O) groups is 1. The number of hydrogen-bond donors (Lipinski definition) is 0. The van der Waals surface area contributed by atoms with Crippen LogP contribution in [0.5, 0.6) is 0 Å². The van der Waals surface area contributed by atoms with E-state index in [1.807, 2.05) is 13.0 Å². The molecular formula is C23H26NO. The molecule has 1 aromatic rings. The van der Waals surface area contributed by atoms with Crippen molar-refractivity contribution in [2.24, 2.45) is 0 Å². The Morgan fingerprint density at radius 1 is 1.20 bits per heavy atom. The summed E-state index contributed by atoms with van der Waals surface area (Å²) in [5.41, 5.74) is 17.5. The summed E-state index contributed by atoms with van der Waals surface area (Å²) in [6.45, 7) is 15.0. The molecule has 0 unspecified atom stereocenters. The normalized spacial score (nSPS) is 17.4. The number of allylic oxidation sites excluding steroid dienone is 4. The summed E-state index contributed by atoms with van der Waals surface area (Å²) in [5, 5.41) is 0. The number of nitrogens with one attached hydrogen (secondary N) is 1. The van der Waals surface area contributed by atoms with Gasteiger partial charge in [-0.25, -0.2) is 0 Å². The molecule has 2 aliphatic rings. The largest absolute Gasteiger partial charge is 0.269 e. The number of fused-ring (bicyclic) bond motifs is 1. The molecule has 1 N–H and O–H groups in total. The number of benzene rings is 1. The summed E-state index contributed by atoms with van der Waals surface area (Å²) in [6.07, 6.45) is 5.68. The molecule has 3 rings (SSSR count). The molecule has 0 aromatic heterocycles. The summed E-state index contributed by atoms with van der Waals surface area (Å²) in [5.74, 6) is -0.611. The molecular weight excluding hydrogens is 306 g/mol. The summed E-state index contributed by atoms with van der Waals surface area (Å²) in [4.78, 5) is 11.7. The lowest BCUT2D eigenvalue weighted by Crippen LogP contribution is -2.15. The first kappa shape index (κ1) is 17.5. The maximum atomic E-state index is 11.7. The molecule has 1 radical (unpaired) electrons. The molecule has 1 aromatic carbocycles. The van der Waals surface area contributed by atoms with E-state index in [4.69, 9.17) is 5.73 Å². The van der Waals surface area contributed by atoms with Crippen LogP contribution in [0, 0.1) is 0 Å². The van der Waals surface area contributed by atoms with Crippen molar-refractivity contribution in [3.8, 4) is 0 Å². The van der Waals surface area contributed by atoms with Crippen LogP contribution in [0.2, 0.25) is 0 Å². The zero-order valence-electron chi connectivity index (χ0n) is 15.8. The topological polar surface area (TPSA) is 40.9 Å². The van der Waals surface area contributed by atoms with Crippen LogP contribution in [0.4, 0.5) is 0 Å². The lowest BCUT2D eigenvalue weighted by molar-refractivity contribution is -0.114. The molecule has 0 spiro atoms. The highest BCUT2D eigenvalue weighted by Crippen LogP contribution is 2.42. The average Bonchev–Trinajstić information content (AvgIpc) is 2.86. The lowest BCUT2D eigenvalue weighted by Gasteiger charge is -2.26. The van der Waals surface area contributed by atoms with Gasteiger partial charge in [-0.2, -0.15) is 0 Å². The van der Waals surface area contributed by atoms with E-state index < -0.39 is 5.91 Å². The first-order valence-corrected chi connectivity index (χ1v) is 8.80. The Kier molecular flexibility index (Phi) is 4.10. The molecule has 2 nitrogen and oxygen atoms in total. The summed E-state index contributed by atoms with van der Waals surface area (Å²) in [6, 6.07) is 4.57. The quantitative estimate of drug-likeness (QED) is 0.713. The maximum Gasteiger partial charge on any atom is 0.269 e. The van der Waals surface area contributed by atoms with E-state index in [0.29, 0.717) is 12.0 Å². The molecule has 0 bridgehead atoms. The van der Waals surface area contributed by atoms with E-state index in [2.05, 4.69) is 52.5 Å². The fourth-order valence-corrected chi connectivity index (χ4v) is 3.81. The van der Waals surface area contributed by atoms with Gasteiger partial charge in [-0.15, -0.1) is 0 Å². The second-order valence-electron chi connectivity index (χ2n) is 8.26. The third-order valence-electron chi connectivity index (χ3n) is 5.21. The second kappa shape index (κ2) is 5.87.